The van der Waals surface area contributed by atoms with Crippen LogP contribution in [0.1, 0.15) is 43.6 Å². The Kier molecular flexibility index (Phi) is 5.24. The fraction of sp³-hybridized carbons (Fsp3) is 0.600. The second-order valence-corrected chi connectivity index (χ2v) is 5.96. The maximum atomic E-state index is 12.2. The largest absolute Gasteiger partial charge is 0.370 e. The van der Waals surface area contributed by atoms with Gasteiger partial charge in [0.15, 0.2) is 0 Å². The molecule has 0 bridgehead atoms. The number of nitrogens with zero attached hydrogens (tertiary/aromatic N) is 1. The van der Waals surface area contributed by atoms with Gasteiger partial charge >= 0.3 is 0 Å². The van der Waals surface area contributed by atoms with Crippen molar-refractivity contribution in [2.24, 2.45) is 11.8 Å². The number of carbonyl (C=O) groups is 1. The van der Waals surface area contributed by atoms with Gasteiger partial charge in [0.1, 0.15) is 11.5 Å². The van der Waals surface area contributed by atoms with E-state index in [0.29, 0.717) is 29.0 Å². The molecule has 0 aromatic carbocycles. The monoisotopic (exact) mass is 295 g/mol. The number of nitrogens with one attached hydrogen (secondary N) is 2. The molecule has 2 atom stereocenters. The van der Waals surface area contributed by atoms with Crippen molar-refractivity contribution in [3.05, 3.63) is 22.8 Å². The van der Waals surface area contributed by atoms with Crippen LogP contribution in [0.25, 0.3) is 0 Å². The van der Waals surface area contributed by atoms with E-state index in [4.69, 9.17) is 11.6 Å². The van der Waals surface area contributed by atoms with Gasteiger partial charge < -0.3 is 10.6 Å². The van der Waals surface area contributed by atoms with Crippen LogP contribution in [0.4, 0.5) is 5.82 Å². The van der Waals surface area contributed by atoms with Crippen LogP contribution < -0.4 is 10.6 Å². The van der Waals surface area contributed by atoms with Crippen LogP contribution in [-0.2, 0) is 0 Å². The maximum absolute atomic E-state index is 12.2. The number of amides is 1. The third-order valence-corrected chi connectivity index (χ3v) is 4.08. The van der Waals surface area contributed by atoms with E-state index in [0.717, 1.165) is 12.5 Å². The zero-order chi connectivity index (χ0) is 14.5. The Morgan fingerprint density at radius 1 is 1.45 bits per heavy atom. The van der Waals surface area contributed by atoms with Gasteiger partial charge in [-0.15, -0.1) is 0 Å². The molecule has 0 saturated heterocycles. The van der Waals surface area contributed by atoms with Crippen LogP contribution in [-0.4, -0.2) is 24.0 Å². The first-order valence-corrected chi connectivity index (χ1v) is 7.66. The number of hydrogen-bond acceptors (Lipinski definition) is 3. The molecule has 0 aliphatic heterocycles. The van der Waals surface area contributed by atoms with Crippen molar-refractivity contribution in [1.29, 1.82) is 0 Å². The first kappa shape index (κ1) is 15.1. The first-order valence-electron chi connectivity index (χ1n) is 7.28. The molecule has 1 aromatic heterocycles. The molecular weight excluding hydrogens is 274 g/mol. The molecule has 2 unspecified atom stereocenters. The van der Waals surface area contributed by atoms with Crippen LogP contribution in [0.5, 0.6) is 0 Å². The molecule has 1 aromatic rings. The minimum Gasteiger partial charge on any atom is -0.370 e. The number of halogens is 1. The van der Waals surface area contributed by atoms with Gasteiger partial charge in [0, 0.05) is 13.1 Å². The number of pyridine rings is 1. The second-order valence-electron chi connectivity index (χ2n) is 5.55. The average Bonchev–Trinajstić information content (AvgIpc) is 2.84. The number of anilines is 1. The first-order chi connectivity index (χ1) is 9.60. The number of aromatic nitrogens is 1. The number of rotatable bonds is 5. The summed E-state index contributed by atoms with van der Waals surface area (Å²) in [4.78, 5) is 16.4. The molecule has 0 spiro atoms. The minimum absolute atomic E-state index is 0.186. The molecule has 4 nitrogen and oxygen atoms in total. The summed E-state index contributed by atoms with van der Waals surface area (Å²) in [6, 6.07) is 3.49. The minimum atomic E-state index is -0.186. The second kappa shape index (κ2) is 6.93. The van der Waals surface area contributed by atoms with E-state index in [1.807, 2.05) is 6.92 Å². The van der Waals surface area contributed by atoms with Gasteiger partial charge in [0.25, 0.3) is 5.91 Å². The highest BCUT2D eigenvalue weighted by atomic mass is 35.5. The van der Waals surface area contributed by atoms with E-state index >= 15 is 0 Å². The highest BCUT2D eigenvalue weighted by molar-refractivity contribution is 6.33. The molecule has 5 heteroatoms. The summed E-state index contributed by atoms with van der Waals surface area (Å²) in [6.45, 7) is 5.72. The molecule has 110 valence electrons. The summed E-state index contributed by atoms with van der Waals surface area (Å²) in [5.74, 6) is 1.85. The van der Waals surface area contributed by atoms with Crippen LogP contribution >= 0.6 is 11.6 Å². The molecule has 1 fully saturated rings. The van der Waals surface area contributed by atoms with E-state index in [-0.39, 0.29) is 5.91 Å². The molecule has 2 N–H and O–H groups in total. The van der Waals surface area contributed by atoms with E-state index in [1.165, 1.54) is 19.3 Å². The summed E-state index contributed by atoms with van der Waals surface area (Å²) in [5.41, 5.74) is 0.302. The molecule has 2 rings (SSSR count). The van der Waals surface area contributed by atoms with Gasteiger partial charge in [-0.3, -0.25) is 4.79 Å². The highest BCUT2D eigenvalue weighted by Crippen LogP contribution is 2.29. The van der Waals surface area contributed by atoms with Crippen molar-refractivity contribution in [3.63, 3.8) is 0 Å². The normalized spacial score (nSPS) is 21.8. The zero-order valence-corrected chi connectivity index (χ0v) is 12.8. The Morgan fingerprint density at radius 3 is 2.90 bits per heavy atom. The summed E-state index contributed by atoms with van der Waals surface area (Å²) in [7, 11) is 0. The van der Waals surface area contributed by atoms with Gasteiger partial charge in [-0.2, -0.15) is 0 Å². The molecule has 0 radical (unpaired) electrons. The van der Waals surface area contributed by atoms with Crippen molar-refractivity contribution >= 4 is 23.3 Å². The van der Waals surface area contributed by atoms with Crippen LogP contribution in [0, 0.1) is 11.8 Å². The lowest BCUT2D eigenvalue weighted by atomic mass is 10.1. The molecule has 1 aliphatic carbocycles. The van der Waals surface area contributed by atoms with E-state index in [1.54, 1.807) is 12.1 Å². The number of hydrogen-bond donors (Lipinski definition) is 2. The summed E-state index contributed by atoms with van der Waals surface area (Å²) < 4.78 is 0. The van der Waals surface area contributed by atoms with Gasteiger partial charge in [0.2, 0.25) is 0 Å². The van der Waals surface area contributed by atoms with Crippen molar-refractivity contribution < 1.29 is 4.79 Å². The van der Waals surface area contributed by atoms with E-state index in [9.17, 15) is 4.79 Å². The average molecular weight is 296 g/mol. The summed E-state index contributed by atoms with van der Waals surface area (Å²) in [5, 5.41) is 6.43. The summed E-state index contributed by atoms with van der Waals surface area (Å²) >= 11 is 6.06. The van der Waals surface area contributed by atoms with Gasteiger partial charge in [-0.1, -0.05) is 24.9 Å². The van der Waals surface area contributed by atoms with Crippen molar-refractivity contribution in [2.45, 2.75) is 33.1 Å². The third-order valence-electron chi connectivity index (χ3n) is 3.77. The Bertz CT molecular complexity index is 478. The predicted octanol–water partition coefficient (Wildman–Crippen LogP) is 3.33. The smallest absolute Gasteiger partial charge is 0.271 e. The van der Waals surface area contributed by atoms with Crippen molar-refractivity contribution in [2.75, 3.05) is 18.4 Å². The highest BCUT2D eigenvalue weighted by Gasteiger charge is 2.22. The van der Waals surface area contributed by atoms with Gasteiger partial charge in [0.05, 0.1) is 5.02 Å². The molecule has 1 amide bonds. The molecule has 20 heavy (non-hydrogen) atoms. The molecule has 1 saturated carbocycles. The Hall–Kier alpha value is -1.29. The van der Waals surface area contributed by atoms with Gasteiger partial charge in [-0.05, 0) is 43.7 Å². The van der Waals surface area contributed by atoms with Crippen LogP contribution in [0.15, 0.2) is 12.1 Å². The van der Waals surface area contributed by atoms with Crippen molar-refractivity contribution in [1.82, 2.24) is 10.3 Å². The number of carbonyl (C=O) groups excluding carboxylic acids is 1. The van der Waals surface area contributed by atoms with Crippen LogP contribution in [0.2, 0.25) is 5.02 Å². The molecular formula is C15H22ClN3O. The lowest BCUT2D eigenvalue weighted by Crippen LogP contribution is -2.29. The van der Waals surface area contributed by atoms with E-state index in [2.05, 4.69) is 22.5 Å². The fourth-order valence-corrected chi connectivity index (χ4v) is 2.90. The van der Waals surface area contributed by atoms with E-state index < -0.39 is 0 Å². The Morgan fingerprint density at radius 2 is 2.25 bits per heavy atom. The Labute approximate surface area is 125 Å². The Balaban J connectivity index is 1.96. The zero-order valence-electron chi connectivity index (χ0n) is 12.1. The van der Waals surface area contributed by atoms with Crippen molar-refractivity contribution in [3.8, 4) is 0 Å². The lowest BCUT2D eigenvalue weighted by molar-refractivity contribution is 0.0942. The standard InChI is InChI=1S/C15H22ClN3O/c1-3-17-13-7-6-12(16)14(19-13)15(20)18-9-11-5-4-10(2)8-11/h6-7,10-11H,3-5,8-9H2,1-2H3,(H,17,19)(H,18,20). The fourth-order valence-electron chi connectivity index (χ4n) is 2.71. The predicted molar refractivity (Wildman–Crippen MR) is 82.2 cm³/mol. The maximum Gasteiger partial charge on any atom is 0.271 e. The molecule has 1 aliphatic rings. The lowest BCUT2D eigenvalue weighted by Gasteiger charge is -2.12. The SMILES string of the molecule is CCNc1ccc(Cl)c(C(=O)NCC2CCC(C)C2)n1. The topological polar surface area (TPSA) is 54.0 Å². The van der Waals surface area contributed by atoms with Crippen LogP contribution in [0.3, 0.4) is 0 Å². The van der Waals surface area contributed by atoms with Gasteiger partial charge in [-0.25, -0.2) is 4.98 Å². The third kappa shape index (κ3) is 3.85. The molecule has 1 heterocycles. The summed E-state index contributed by atoms with van der Waals surface area (Å²) in [6.07, 6.45) is 3.65. The quantitative estimate of drug-likeness (QED) is 0.876.